The highest BCUT2D eigenvalue weighted by Gasteiger charge is 2.13. The number of imidazole rings is 1. The second-order valence-electron chi connectivity index (χ2n) is 3.69. The number of H-pyrrole nitrogens is 1. The Kier molecular flexibility index (Phi) is 4.95. The van der Waals surface area contributed by atoms with Gasteiger partial charge in [-0.3, -0.25) is 0 Å². The molecule has 1 rings (SSSR count). The van der Waals surface area contributed by atoms with Crippen LogP contribution in [0.2, 0.25) is 0 Å². The smallest absolute Gasteiger partial charge is 0.150 e. The van der Waals surface area contributed by atoms with Gasteiger partial charge in [0.15, 0.2) is 0 Å². The molecule has 2 N–H and O–H groups in total. The zero-order valence-corrected chi connectivity index (χ0v) is 10.5. The summed E-state index contributed by atoms with van der Waals surface area (Å²) in [5.41, 5.74) is 0. The molecule has 0 fully saturated rings. The van der Waals surface area contributed by atoms with Crippen molar-refractivity contribution in [2.45, 2.75) is 25.8 Å². The molecule has 1 aromatic rings. The van der Waals surface area contributed by atoms with Gasteiger partial charge in [0.1, 0.15) is 15.7 Å². The van der Waals surface area contributed by atoms with E-state index in [0.29, 0.717) is 6.42 Å². The molecule has 92 valence electrons. The van der Waals surface area contributed by atoms with Crippen LogP contribution >= 0.6 is 0 Å². The molecule has 5 nitrogen and oxygen atoms in total. The Morgan fingerprint density at radius 2 is 2.31 bits per heavy atom. The van der Waals surface area contributed by atoms with E-state index in [9.17, 15) is 8.42 Å². The van der Waals surface area contributed by atoms with Crippen LogP contribution in [0.3, 0.4) is 0 Å². The van der Waals surface area contributed by atoms with Gasteiger partial charge < -0.3 is 10.3 Å². The highest BCUT2D eigenvalue weighted by atomic mass is 32.2. The third kappa shape index (κ3) is 3.94. The van der Waals surface area contributed by atoms with Crippen molar-refractivity contribution in [3.63, 3.8) is 0 Å². The van der Waals surface area contributed by atoms with Crippen molar-refractivity contribution in [2.75, 3.05) is 18.6 Å². The van der Waals surface area contributed by atoms with Crippen molar-refractivity contribution < 1.29 is 8.42 Å². The summed E-state index contributed by atoms with van der Waals surface area (Å²) in [5, 5.41) is 3.12. The van der Waals surface area contributed by atoms with E-state index in [4.69, 9.17) is 0 Å². The number of aromatic amines is 1. The molecule has 1 heterocycles. The van der Waals surface area contributed by atoms with Crippen LogP contribution in [-0.2, 0) is 9.84 Å². The fraction of sp³-hybridized carbons (Fsp3) is 0.700. The Balaban J connectivity index is 2.42. The molecule has 0 aliphatic heterocycles. The second kappa shape index (κ2) is 6.00. The zero-order valence-electron chi connectivity index (χ0n) is 9.73. The standard InChI is InChI=1S/C10H19N3O2S/c1-3-16(14,15)8-4-5-9(11-2)10-12-6-7-13-10/h6-7,9,11H,3-5,8H2,1-2H3,(H,12,13). The number of nitrogens with zero attached hydrogens (tertiary/aromatic N) is 1. The average Bonchev–Trinajstić information content (AvgIpc) is 2.78. The highest BCUT2D eigenvalue weighted by molar-refractivity contribution is 7.91. The van der Waals surface area contributed by atoms with Crippen LogP contribution in [0.1, 0.15) is 31.6 Å². The van der Waals surface area contributed by atoms with Crippen LogP contribution in [0.5, 0.6) is 0 Å². The SMILES string of the molecule is CCS(=O)(=O)CCCC(NC)c1ncc[nH]1. The molecule has 0 aliphatic carbocycles. The molecule has 0 bridgehead atoms. The molecule has 1 aromatic heterocycles. The predicted octanol–water partition coefficient (Wildman–Crippen LogP) is 0.885. The molecule has 0 spiro atoms. The summed E-state index contributed by atoms with van der Waals surface area (Å²) in [5.74, 6) is 1.33. The van der Waals surface area contributed by atoms with Gasteiger partial charge in [0.05, 0.1) is 11.8 Å². The molecule has 0 saturated carbocycles. The average molecular weight is 245 g/mol. The summed E-state index contributed by atoms with van der Waals surface area (Å²) in [7, 11) is -1.00. The monoisotopic (exact) mass is 245 g/mol. The van der Waals surface area contributed by atoms with E-state index in [2.05, 4.69) is 15.3 Å². The van der Waals surface area contributed by atoms with Gasteiger partial charge in [-0.2, -0.15) is 0 Å². The lowest BCUT2D eigenvalue weighted by Crippen LogP contribution is -2.19. The van der Waals surface area contributed by atoms with E-state index in [0.717, 1.165) is 12.2 Å². The Labute approximate surface area is 96.6 Å². The zero-order chi connectivity index (χ0) is 12.0. The van der Waals surface area contributed by atoms with Gasteiger partial charge in [0.25, 0.3) is 0 Å². The molecular weight excluding hydrogens is 226 g/mol. The van der Waals surface area contributed by atoms with Gasteiger partial charge in [-0.25, -0.2) is 13.4 Å². The molecule has 0 saturated heterocycles. The number of hydrogen-bond donors (Lipinski definition) is 2. The molecular formula is C10H19N3O2S. The normalized spacial score (nSPS) is 13.9. The molecule has 16 heavy (non-hydrogen) atoms. The maximum atomic E-state index is 11.3. The first-order valence-corrected chi connectivity index (χ1v) is 7.28. The first-order chi connectivity index (χ1) is 7.59. The van der Waals surface area contributed by atoms with Crippen molar-refractivity contribution >= 4 is 9.84 Å². The van der Waals surface area contributed by atoms with Gasteiger partial charge in [-0.15, -0.1) is 0 Å². The lowest BCUT2D eigenvalue weighted by atomic mass is 10.1. The minimum Gasteiger partial charge on any atom is -0.347 e. The molecule has 0 radical (unpaired) electrons. The van der Waals surface area contributed by atoms with E-state index in [-0.39, 0.29) is 17.5 Å². The number of aromatic nitrogens is 2. The Morgan fingerprint density at radius 1 is 1.56 bits per heavy atom. The van der Waals surface area contributed by atoms with E-state index in [1.54, 1.807) is 19.3 Å². The van der Waals surface area contributed by atoms with Gasteiger partial charge in [0, 0.05) is 18.1 Å². The molecule has 6 heteroatoms. The van der Waals surface area contributed by atoms with Gasteiger partial charge in [-0.05, 0) is 19.9 Å². The van der Waals surface area contributed by atoms with Crippen molar-refractivity contribution in [2.24, 2.45) is 0 Å². The van der Waals surface area contributed by atoms with Crippen LogP contribution in [0.15, 0.2) is 12.4 Å². The quantitative estimate of drug-likeness (QED) is 0.748. The van der Waals surface area contributed by atoms with E-state index >= 15 is 0 Å². The number of sulfone groups is 1. The largest absolute Gasteiger partial charge is 0.347 e. The maximum absolute atomic E-state index is 11.3. The highest BCUT2D eigenvalue weighted by Crippen LogP contribution is 2.14. The Hall–Kier alpha value is -0.880. The van der Waals surface area contributed by atoms with E-state index < -0.39 is 9.84 Å². The lowest BCUT2D eigenvalue weighted by molar-refractivity contribution is 0.514. The topological polar surface area (TPSA) is 74.8 Å². The summed E-state index contributed by atoms with van der Waals surface area (Å²) in [6, 6.07) is 0.0991. The van der Waals surface area contributed by atoms with Crippen LogP contribution in [0.25, 0.3) is 0 Å². The van der Waals surface area contributed by atoms with Crippen molar-refractivity contribution in [3.05, 3.63) is 18.2 Å². The summed E-state index contributed by atoms with van der Waals surface area (Å²) in [6.07, 6.45) is 4.89. The van der Waals surface area contributed by atoms with Crippen LogP contribution in [0, 0.1) is 0 Å². The number of rotatable bonds is 7. The molecule has 0 aliphatic rings. The van der Waals surface area contributed by atoms with E-state index in [1.165, 1.54) is 0 Å². The number of nitrogens with one attached hydrogen (secondary N) is 2. The molecule has 0 aromatic carbocycles. The molecule has 1 unspecified atom stereocenters. The van der Waals surface area contributed by atoms with Crippen molar-refractivity contribution in [1.82, 2.24) is 15.3 Å². The van der Waals surface area contributed by atoms with Gasteiger partial charge in [-0.1, -0.05) is 6.92 Å². The Bertz CT molecular complexity index is 386. The molecule has 0 amide bonds. The van der Waals surface area contributed by atoms with Gasteiger partial charge in [0.2, 0.25) is 0 Å². The molecule has 1 atom stereocenters. The first kappa shape index (κ1) is 13.2. The summed E-state index contributed by atoms with van der Waals surface area (Å²) < 4.78 is 22.6. The number of hydrogen-bond acceptors (Lipinski definition) is 4. The second-order valence-corrected chi connectivity index (χ2v) is 6.17. The predicted molar refractivity (Wildman–Crippen MR) is 64.0 cm³/mol. The van der Waals surface area contributed by atoms with Gasteiger partial charge >= 0.3 is 0 Å². The lowest BCUT2D eigenvalue weighted by Gasteiger charge is -2.13. The van der Waals surface area contributed by atoms with E-state index in [1.807, 2.05) is 7.05 Å². The van der Waals surface area contributed by atoms with Crippen molar-refractivity contribution in [3.8, 4) is 0 Å². The fourth-order valence-corrected chi connectivity index (χ4v) is 2.43. The summed E-state index contributed by atoms with van der Waals surface area (Å²) in [4.78, 5) is 7.18. The Morgan fingerprint density at radius 3 is 2.81 bits per heavy atom. The summed E-state index contributed by atoms with van der Waals surface area (Å²) in [6.45, 7) is 1.68. The van der Waals surface area contributed by atoms with Crippen LogP contribution in [0.4, 0.5) is 0 Å². The minimum absolute atomic E-state index is 0.0991. The first-order valence-electron chi connectivity index (χ1n) is 5.46. The minimum atomic E-state index is -2.85. The fourth-order valence-electron chi connectivity index (χ4n) is 1.54. The summed E-state index contributed by atoms with van der Waals surface area (Å²) >= 11 is 0. The van der Waals surface area contributed by atoms with Crippen LogP contribution in [-0.4, -0.2) is 36.9 Å². The van der Waals surface area contributed by atoms with Crippen molar-refractivity contribution in [1.29, 1.82) is 0 Å². The third-order valence-corrected chi connectivity index (χ3v) is 4.38. The van der Waals surface area contributed by atoms with Crippen LogP contribution < -0.4 is 5.32 Å². The maximum Gasteiger partial charge on any atom is 0.150 e. The third-order valence-electron chi connectivity index (χ3n) is 2.59.